The quantitative estimate of drug-likeness (QED) is 0.0409. The van der Waals surface area contributed by atoms with Crippen LogP contribution in [0.2, 0.25) is 0 Å². The molecule has 2 aromatic carbocycles. The summed E-state index contributed by atoms with van der Waals surface area (Å²) in [7, 11) is 0. The lowest BCUT2D eigenvalue weighted by Gasteiger charge is -2.30. The molecule has 0 unspecified atom stereocenters. The number of phenols is 1. The smallest absolute Gasteiger partial charge is 0.326 e. The zero-order chi connectivity index (χ0) is 39.1. The number of aliphatic imine (C=N–C) groups is 1. The first-order chi connectivity index (χ1) is 25.2. The molecule has 1 saturated heterocycles. The molecule has 1 aliphatic rings. The molecule has 3 rings (SSSR count). The molecule has 0 aromatic heterocycles. The first kappa shape index (κ1) is 41.7. The van der Waals surface area contributed by atoms with E-state index < -0.39 is 78.4 Å². The number of rotatable bonds is 19. The molecule has 0 bridgehead atoms. The fraction of sp³-hybridized carbons (Fsp3) is 0.457. The highest BCUT2D eigenvalue weighted by Crippen LogP contribution is 2.21. The maximum absolute atomic E-state index is 13.8. The van der Waals surface area contributed by atoms with E-state index in [-0.39, 0.29) is 50.5 Å². The lowest BCUT2D eigenvalue weighted by atomic mass is 10.0. The van der Waals surface area contributed by atoms with Crippen LogP contribution in [0.5, 0.6) is 5.75 Å². The molecular formula is C35H49N9O9. The van der Waals surface area contributed by atoms with Crippen LogP contribution in [-0.4, -0.2) is 118 Å². The zero-order valence-electron chi connectivity index (χ0n) is 29.4. The monoisotopic (exact) mass is 739 g/mol. The molecule has 6 atom stereocenters. The molecule has 2 aromatic rings. The number of benzene rings is 2. The van der Waals surface area contributed by atoms with E-state index in [9.17, 15) is 44.1 Å². The number of nitrogens with zero attached hydrogens (tertiary/aromatic N) is 2. The summed E-state index contributed by atoms with van der Waals surface area (Å²) < 4.78 is 0. The molecule has 53 heavy (non-hydrogen) atoms. The number of amides is 5. The van der Waals surface area contributed by atoms with E-state index in [0.29, 0.717) is 24.0 Å². The number of guanidine groups is 1. The third-order valence-corrected chi connectivity index (χ3v) is 8.53. The van der Waals surface area contributed by atoms with Crippen LogP contribution in [0, 0.1) is 0 Å². The van der Waals surface area contributed by atoms with E-state index in [0.717, 1.165) is 0 Å². The van der Waals surface area contributed by atoms with Gasteiger partial charge in [0, 0.05) is 25.9 Å². The van der Waals surface area contributed by atoms with Crippen molar-refractivity contribution in [1.82, 2.24) is 26.2 Å². The van der Waals surface area contributed by atoms with Crippen LogP contribution in [-0.2, 0) is 41.6 Å². The highest BCUT2D eigenvalue weighted by molar-refractivity contribution is 5.96. The van der Waals surface area contributed by atoms with Crippen molar-refractivity contribution in [3.8, 4) is 5.75 Å². The van der Waals surface area contributed by atoms with Crippen molar-refractivity contribution in [1.29, 1.82) is 0 Å². The number of aromatic hydroxyl groups is 1. The topological polar surface area (TPSA) is 305 Å². The van der Waals surface area contributed by atoms with Gasteiger partial charge in [0.05, 0.1) is 12.6 Å². The number of phenolic OH excluding ortho intramolecular Hbond substituents is 1. The second-order valence-corrected chi connectivity index (χ2v) is 12.8. The largest absolute Gasteiger partial charge is 0.508 e. The van der Waals surface area contributed by atoms with Gasteiger partial charge in [0.25, 0.3) is 0 Å². The summed E-state index contributed by atoms with van der Waals surface area (Å²) in [5.41, 5.74) is 17.6. The van der Waals surface area contributed by atoms with Gasteiger partial charge in [-0.1, -0.05) is 42.5 Å². The number of carbonyl (C=O) groups is 6. The molecule has 18 nitrogen and oxygen atoms in total. The molecule has 0 saturated carbocycles. The van der Waals surface area contributed by atoms with Gasteiger partial charge in [0.2, 0.25) is 29.5 Å². The Labute approximate surface area is 306 Å². The Bertz CT molecular complexity index is 1600. The molecular weight excluding hydrogens is 690 g/mol. The van der Waals surface area contributed by atoms with Crippen LogP contribution >= 0.6 is 0 Å². The Kier molecular flexibility index (Phi) is 16.0. The number of carboxylic acid groups (broad SMARTS) is 1. The number of hydrogen-bond donors (Lipinski definition) is 10. The molecule has 0 aliphatic carbocycles. The molecule has 18 heteroatoms. The predicted molar refractivity (Wildman–Crippen MR) is 193 cm³/mol. The maximum Gasteiger partial charge on any atom is 0.326 e. The van der Waals surface area contributed by atoms with Gasteiger partial charge in [0.15, 0.2) is 5.96 Å². The number of hydrogen-bond acceptors (Lipinski definition) is 10. The van der Waals surface area contributed by atoms with Crippen LogP contribution in [0.3, 0.4) is 0 Å². The molecule has 5 amide bonds. The number of likely N-dealkylation sites (tertiary alicyclic amines) is 1. The Balaban J connectivity index is 1.79. The third kappa shape index (κ3) is 13.1. The van der Waals surface area contributed by atoms with E-state index in [1.807, 2.05) is 0 Å². The van der Waals surface area contributed by atoms with Crippen LogP contribution in [0.1, 0.15) is 43.7 Å². The molecule has 0 spiro atoms. The summed E-state index contributed by atoms with van der Waals surface area (Å²) in [6.07, 6.45) is 0.974. The zero-order valence-corrected chi connectivity index (χ0v) is 29.4. The lowest BCUT2D eigenvalue weighted by Crippen LogP contribution is -2.60. The highest BCUT2D eigenvalue weighted by Gasteiger charge is 2.39. The maximum atomic E-state index is 13.8. The molecule has 288 valence electrons. The van der Waals surface area contributed by atoms with Gasteiger partial charge >= 0.3 is 5.97 Å². The fourth-order valence-corrected chi connectivity index (χ4v) is 5.70. The summed E-state index contributed by atoms with van der Waals surface area (Å²) in [6, 6.07) is 7.08. The van der Waals surface area contributed by atoms with Gasteiger partial charge in [-0.2, -0.15) is 0 Å². The van der Waals surface area contributed by atoms with Crippen molar-refractivity contribution in [3.05, 3.63) is 65.7 Å². The van der Waals surface area contributed by atoms with Gasteiger partial charge in [-0.25, -0.2) is 4.79 Å². The Morgan fingerprint density at radius 2 is 1.42 bits per heavy atom. The average molecular weight is 740 g/mol. The van der Waals surface area contributed by atoms with E-state index in [4.69, 9.17) is 17.2 Å². The van der Waals surface area contributed by atoms with Gasteiger partial charge < -0.3 is 58.7 Å². The molecule has 1 heterocycles. The van der Waals surface area contributed by atoms with Crippen molar-refractivity contribution < 1.29 is 44.1 Å². The first-order valence-electron chi connectivity index (χ1n) is 17.2. The molecule has 0 radical (unpaired) electrons. The molecule has 1 fully saturated rings. The summed E-state index contributed by atoms with van der Waals surface area (Å²) in [4.78, 5) is 84.1. The van der Waals surface area contributed by atoms with Crippen LogP contribution in [0.25, 0.3) is 0 Å². The average Bonchev–Trinajstić information content (AvgIpc) is 3.62. The number of aliphatic hydroxyl groups excluding tert-OH is 1. The third-order valence-electron chi connectivity index (χ3n) is 8.53. The van der Waals surface area contributed by atoms with E-state index in [1.54, 1.807) is 30.3 Å². The van der Waals surface area contributed by atoms with Gasteiger partial charge in [-0.15, -0.1) is 0 Å². The summed E-state index contributed by atoms with van der Waals surface area (Å²) in [5.74, 6) is -5.15. The van der Waals surface area contributed by atoms with Crippen molar-refractivity contribution in [3.63, 3.8) is 0 Å². The lowest BCUT2D eigenvalue weighted by molar-refractivity contribution is -0.143. The standard InChI is InChI=1S/C35H49N9O9/c1-20(36)29(47)40-24(9-5-15-39-35(37)38)33(51)44-16-6-10-28(44)32(50)41-25(17-22-11-13-23(46)14-12-22)30(48)43-27(19-45)31(49)42-26(34(52)53)18-21-7-3-2-4-8-21/h2-4,7-8,11-14,20,24-28,45-46H,5-6,9-10,15-19,36H2,1H3,(H,40,47)(H,41,50)(H,42,49)(H,43,48)(H,52,53)(H4,37,38,39)/t20-,24-,25-,26-,27-,28-/m0/s1. The van der Waals surface area contributed by atoms with Gasteiger partial charge in [0.1, 0.15) is 36.0 Å². The number of carboxylic acids is 1. The Morgan fingerprint density at radius 3 is 2.02 bits per heavy atom. The van der Waals surface area contributed by atoms with Crippen molar-refractivity contribution in [2.75, 3.05) is 19.7 Å². The van der Waals surface area contributed by atoms with Crippen molar-refractivity contribution in [2.45, 2.75) is 81.7 Å². The number of aliphatic carboxylic acids is 1. The molecule has 1 aliphatic heterocycles. The van der Waals surface area contributed by atoms with Crippen molar-refractivity contribution in [2.24, 2.45) is 22.2 Å². The number of nitrogens with two attached hydrogens (primary N) is 3. The number of carbonyl (C=O) groups excluding carboxylic acids is 5. The van der Waals surface area contributed by atoms with E-state index >= 15 is 0 Å². The van der Waals surface area contributed by atoms with Crippen LogP contribution < -0.4 is 38.5 Å². The summed E-state index contributed by atoms with van der Waals surface area (Å²) in [6.45, 7) is 0.944. The van der Waals surface area contributed by atoms with Crippen LogP contribution in [0.4, 0.5) is 0 Å². The minimum Gasteiger partial charge on any atom is -0.508 e. The normalized spacial score (nSPS) is 16.6. The summed E-state index contributed by atoms with van der Waals surface area (Å²) in [5, 5.41) is 39.6. The van der Waals surface area contributed by atoms with Crippen LogP contribution in [0.15, 0.2) is 59.6 Å². The number of nitrogens with one attached hydrogen (secondary N) is 4. The van der Waals surface area contributed by atoms with E-state index in [1.165, 1.54) is 36.1 Å². The van der Waals surface area contributed by atoms with Gasteiger partial charge in [-0.3, -0.25) is 29.0 Å². The molecule has 13 N–H and O–H groups in total. The minimum absolute atomic E-state index is 0.0385. The fourth-order valence-electron chi connectivity index (χ4n) is 5.70. The summed E-state index contributed by atoms with van der Waals surface area (Å²) >= 11 is 0. The predicted octanol–water partition coefficient (Wildman–Crippen LogP) is -2.41. The van der Waals surface area contributed by atoms with E-state index in [2.05, 4.69) is 26.3 Å². The minimum atomic E-state index is -1.59. The van der Waals surface area contributed by atoms with Gasteiger partial charge in [-0.05, 0) is 55.9 Å². The Hall–Kier alpha value is -5.75. The highest BCUT2D eigenvalue weighted by atomic mass is 16.4. The SMILES string of the molecule is C[C@H](N)C(=O)N[C@@H](CCCN=C(N)N)C(=O)N1CCC[C@H]1C(=O)N[C@@H](Cc1ccc(O)cc1)C(=O)N[C@@H](CO)C(=O)N[C@@H](Cc1ccccc1)C(=O)O. The Morgan fingerprint density at radius 1 is 0.830 bits per heavy atom. The number of aliphatic hydroxyl groups is 1. The second kappa shape index (κ2) is 20.3. The second-order valence-electron chi connectivity index (χ2n) is 12.8. The van der Waals surface area contributed by atoms with Crippen molar-refractivity contribution >= 4 is 41.5 Å². The first-order valence-corrected chi connectivity index (χ1v) is 17.2.